The van der Waals surface area contributed by atoms with Crippen LogP contribution >= 0.6 is 11.3 Å². The Morgan fingerprint density at radius 3 is 2.38 bits per heavy atom. The van der Waals surface area contributed by atoms with Crippen LogP contribution in [0.25, 0.3) is 6.08 Å². The fourth-order valence-electron chi connectivity index (χ4n) is 3.95. The monoisotopic (exact) mass is 481 g/mol. The van der Waals surface area contributed by atoms with Crippen LogP contribution in [-0.2, 0) is 4.79 Å². The van der Waals surface area contributed by atoms with Gasteiger partial charge in [0, 0.05) is 42.7 Å². The van der Waals surface area contributed by atoms with Crippen LogP contribution in [0.1, 0.15) is 48.7 Å². The number of carbonyl (C=O) groups is 2. The number of nitrogens with zero attached hydrogens (tertiary/aromatic N) is 3. The van der Waals surface area contributed by atoms with Gasteiger partial charge in [0.2, 0.25) is 5.91 Å². The molecule has 34 heavy (non-hydrogen) atoms. The quantitative estimate of drug-likeness (QED) is 0.303. The largest absolute Gasteiger partial charge is 0.372 e. The Morgan fingerprint density at radius 1 is 1.03 bits per heavy atom. The Hall–Kier alpha value is -3.39. The number of aromatic nitrogens is 1. The van der Waals surface area contributed by atoms with Gasteiger partial charge in [-0.1, -0.05) is 12.8 Å². The summed E-state index contributed by atoms with van der Waals surface area (Å²) in [5.74, 6) is -2.22. The fourth-order valence-corrected chi connectivity index (χ4v) is 4.80. The van der Waals surface area contributed by atoms with Crippen molar-refractivity contribution in [1.82, 2.24) is 4.98 Å². The molecule has 0 saturated carbocycles. The minimum absolute atomic E-state index is 0.0839. The molecule has 1 aromatic heterocycles. The molecule has 8 heteroatoms. The Morgan fingerprint density at radius 2 is 1.74 bits per heavy atom. The molecule has 1 amide bonds. The van der Waals surface area contributed by atoms with E-state index in [1.165, 1.54) is 44.7 Å². The summed E-state index contributed by atoms with van der Waals surface area (Å²) in [6.07, 6.45) is 7.89. The van der Waals surface area contributed by atoms with Crippen molar-refractivity contribution in [3.8, 4) is 0 Å². The topological polar surface area (TPSA) is 53.5 Å². The molecular formula is C26H25F2N3O2S. The van der Waals surface area contributed by atoms with Gasteiger partial charge in [-0.15, -0.1) is 11.3 Å². The average molecular weight is 482 g/mol. The van der Waals surface area contributed by atoms with Crippen LogP contribution in [0.5, 0.6) is 0 Å². The summed E-state index contributed by atoms with van der Waals surface area (Å²) in [4.78, 5) is 32.6. The van der Waals surface area contributed by atoms with Gasteiger partial charge in [-0.25, -0.2) is 13.8 Å². The summed E-state index contributed by atoms with van der Waals surface area (Å²) < 4.78 is 27.5. The van der Waals surface area contributed by atoms with Crippen LogP contribution in [0.15, 0.2) is 53.9 Å². The number of allylic oxidation sites excluding steroid dienone is 1. The molecule has 1 saturated heterocycles. The number of ketones is 1. The lowest BCUT2D eigenvalue weighted by atomic mass is 10.1. The van der Waals surface area contributed by atoms with E-state index in [1.54, 1.807) is 11.5 Å². The molecular weight excluding hydrogens is 456 g/mol. The Balaban J connectivity index is 1.46. The van der Waals surface area contributed by atoms with Crippen molar-refractivity contribution in [3.05, 3.63) is 76.8 Å². The summed E-state index contributed by atoms with van der Waals surface area (Å²) in [7, 11) is 0. The minimum atomic E-state index is -0.860. The molecule has 0 spiro atoms. The number of rotatable bonds is 6. The van der Waals surface area contributed by atoms with E-state index in [1.807, 2.05) is 24.3 Å². The molecule has 1 aliphatic rings. The maximum absolute atomic E-state index is 14.2. The van der Waals surface area contributed by atoms with Crippen LogP contribution in [0, 0.1) is 11.6 Å². The molecule has 0 unspecified atom stereocenters. The molecule has 0 aliphatic carbocycles. The van der Waals surface area contributed by atoms with Crippen LogP contribution in [0.2, 0.25) is 0 Å². The first kappa shape index (κ1) is 23.8. The van der Waals surface area contributed by atoms with Crippen molar-refractivity contribution in [3.63, 3.8) is 0 Å². The van der Waals surface area contributed by atoms with Gasteiger partial charge in [-0.2, -0.15) is 0 Å². The SMILES string of the molecule is CC(=O)N(c1nc(/C=C/C(=O)c2ccc(N3CCCCCC3)cc2)cs1)c1ccc(F)cc1F. The number of benzene rings is 2. The van der Waals surface area contributed by atoms with Crippen LogP contribution in [0.4, 0.5) is 25.3 Å². The standard InChI is InChI=1S/C26H25F2N3O2S/c1-18(32)31(24-12-8-20(27)16-23(24)28)26-29-21(17-34-26)9-13-25(33)19-6-10-22(11-7-19)30-14-4-2-3-5-15-30/h6-13,16-17H,2-5,14-15H2,1H3/b13-9+. The summed E-state index contributed by atoms with van der Waals surface area (Å²) in [5, 5.41) is 1.89. The minimum Gasteiger partial charge on any atom is -0.372 e. The van der Waals surface area contributed by atoms with E-state index >= 15 is 0 Å². The highest BCUT2D eigenvalue weighted by Gasteiger charge is 2.21. The molecule has 1 aliphatic heterocycles. The predicted octanol–water partition coefficient (Wildman–Crippen LogP) is 6.38. The molecule has 0 N–H and O–H groups in total. The maximum atomic E-state index is 14.2. The summed E-state index contributed by atoms with van der Waals surface area (Å²) in [6.45, 7) is 3.36. The number of hydrogen-bond donors (Lipinski definition) is 0. The van der Waals surface area contributed by atoms with E-state index in [2.05, 4.69) is 9.88 Å². The third kappa shape index (κ3) is 5.56. The van der Waals surface area contributed by atoms with Crippen molar-refractivity contribution < 1.29 is 18.4 Å². The third-order valence-electron chi connectivity index (χ3n) is 5.70. The average Bonchev–Trinajstić information content (AvgIpc) is 3.10. The van der Waals surface area contributed by atoms with Crippen molar-refractivity contribution in [2.75, 3.05) is 22.9 Å². The fraction of sp³-hybridized carbons (Fsp3) is 0.269. The Kier molecular flexibility index (Phi) is 7.47. The van der Waals surface area contributed by atoms with Crippen molar-refractivity contribution in [2.45, 2.75) is 32.6 Å². The molecule has 2 heterocycles. The van der Waals surface area contributed by atoms with Gasteiger partial charge >= 0.3 is 0 Å². The number of thiazole rings is 1. The summed E-state index contributed by atoms with van der Waals surface area (Å²) >= 11 is 1.13. The first-order valence-electron chi connectivity index (χ1n) is 11.2. The highest BCUT2D eigenvalue weighted by atomic mass is 32.1. The highest BCUT2D eigenvalue weighted by molar-refractivity contribution is 7.14. The van der Waals surface area contributed by atoms with Gasteiger partial charge < -0.3 is 4.90 Å². The lowest BCUT2D eigenvalue weighted by molar-refractivity contribution is -0.115. The molecule has 0 radical (unpaired) electrons. The molecule has 176 valence electrons. The van der Waals surface area contributed by atoms with Crippen molar-refractivity contribution >= 4 is 45.6 Å². The number of carbonyl (C=O) groups excluding carboxylic acids is 2. The van der Waals surface area contributed by atoms with Crippen LogP contribution in [0.3, 0.4) is 0 Å². The lowest BCUT2D eigenvalue weighted by Gasteiger charge is -2.22. The van der Waals surface area contributed by atoms with Crippen LogP contribution in [-0.4, -0.2) is 29.8 Å². The second kappa shape index (κ2) is 10.7. The number of amides is 1. The predicted molar refractivity (Wildman–Crippen MR) is 132 cm³/mol. The van der Waals surface area contributed by atoms with Gasteiger partial charge in [0.25, 0.3) is 0 Å². The zero-order chi connectivity index (χ0) is 24.1. The lowest BCUT2D eigenvalue weighted by Crippen LogP contribution is -2.23. The smallest absolute Gasteiger partial charge is 0.230 e. The van der Waals surface area contributed by atoms with E-state index in [0.717, 1.165) is 47.1 Å². The van der Waals surface area contributed by atoms with Gasteiger partial charge in [-0.05, 0) is 61.4 Å². The van der Waals surface area contributed by atoms with Crippen molar-refractivity contribution in [2.24, 2.45) is 0 Å². The molecule has 2 aromatic carbocycles. The van der Waals surface area contributed by atoms with E-state index in [-0.39, 0.29) is 16.6 Å². The van der Waals surface area contributed by atoms with Gasteiger partial charge in [0.15, 0.2) is 10.9 Å². The Labute approximate surface area is 201 Å². The van der Waals surface area contributed by atoms with E-state index in [0.29, 0.717) is 11.3 Å². The molecule has 5 nitrogen and oxygen atoms in total. The van der Waals surface area contributed by atoms with Gasteiger partial charge in [0.05, 0.1) is 11.4 Å². The summed E-state index contributed by atoms with van der Waals surface area (Å²) in [6, 6.07) is 10.6. The molecule has 0 bridgehead atoms. The van der Waals surface area contributed by atoms with Gasteiger partial charge in [-0.3, -0.25) is 14.5 Å². The number of anilines is 3. The molecule has 4 rings (SSSR count). The van der Waals surface area contributed by atoms with E-state index in [9.17, 15) is 18.4 Å². The maximum Gasteiger partial charge on any atom is 0.230 e. The summed E-state index contributed by atoms with van der Waals surface area (Å²) in [5.41, 5.74) is 2.08. The number of hydrogen-bond acceptors (Lipinski definition) is 5. The molecule has 0 atom stereocenters. The molecule has 1 fully saturated rings. The Bertz CT molecular complexity index is 1200. The van der Waals surface area contributed by atoms with E-state index in [4.69, 9.17) is 0 Å². The zero-order valence-electron chi connectivity index (χ0n) is 18.8. The van der Waals surface area contributed by atoms with E-state index < -0.39 is 17.5 Å². The first-order valence-corrected chi connectivity index (χ1v) is 12.1. The highest BCUT2D eigenvalue weighted by Crippen LogP contribution is 2.31. The number of halogens is 2. The first-order chi connectivity index (χ1) is 16.4. The molecule has 3 aromatic rings. The van der Waals surface area contributed by atoms with Gasteiger partial charge in [0.1, 0.15) is 11.6 Å². The zero-order valence-corrected chi connectivity index (χ0v) is 19.7. The second-order valence-corrected chi connectivity index (χ2v) is 8.99. The van der Waals surface area contributed by atoms with Crippen LogP contribution < -0.4 is 9.80 Å². The third-order valence-corrected chi connectivity index (χ3v) is 6.54. The second-order valence-electron chi connectivity index (χ2n) is 8.15. The van der Waals surface area contributed by atoms with Crippen molar-refractivity contribution in [1.29, 1.82) is 0 Å². The normalized spacial score (nSPS) is 14.3.